The van der Waals surface area contributed by atoms with Crippen molar-refractivity contribution in [2.24, 2.45) is 40.4 Å². The van der Waals surface area contributed by atoms with Crippen molar-refractivity contribution in [3.8, 4) is 0 Å². The molecule has 4 aliphatic carbocycles. The molecule has 0 aromatic carbocycles. The summed E-state index contributed by atoms with van der Waals surface area (Å²) < 4.78 is 6.03. The maximum absolute atomic E-state index is 6.03. The summed E-state index contributed by atoms with van der Waals surface area (Å²) in [6, 6.07) is 0. The molecule has 1 nitrogen and oxygen atoms in total. The summed E-state index contributed by atoms with van der Waals surface area (Å²) in [6.45, 7) is 10.9. The lowest BCUT2D eigenvalue weighted by molar-refractivity contribution is -0.133. The normalized spacial score (nSPS) is 54.0. The molecule has 4 fully saturated rings. The van der Waals surface area contributed by atoms with Gasteiger partial charge < -0.3 is 4.74 Å². The Morgan fingerprint density at radius 1 is 0.833 bits per heavy atom. The van der Waals surface area contributed by atoms with Crippen LogP contribution in [0.4, 0.5) is 0 Å². The van der Waals surface area contributed by atoms with Crippen molar-refractivity contribution in [3.05, 3.63) is 0 Å². The molecular weight excluding hydrogens is 292 g/mol. The molecule has 0 N–H and O–H groups in total. The van der Waals surface area contributed by atoms with E-state index in [1.807, 2.05) is 0 Å². The van der Waals surface area contributed by atoms with E-state index in [2.05, 4.69) is 27.7 Å². The van der Waals surface area contributed by atoms with E-state index in [4.69, 9.17) is 4.74 Å². The third-order valence-corrected chi connectivity index (χ3v) is 9.71. The van der Waals surface area contributed by atoms with Gasteiger partial charge in [0.1, 0.15) is 0 Å². The Hall–Kier alpha value is -0.0400. The van der Waals surface area contributed by atoms with E-state index in [0.717, 1.165) is 36.2 Å². The molecule has 138 valence electrons. The second kappa shape index (κ2) is 6.29. The van der Waals surface area contributed by atoms with E-state index >= 15 is 0 Å². The Labute approximate surface area is 150 Å². The lowest BCUT2D eigenvalue weighted by Crippen LogP contribution is -2.54. The second-order valence-corrected chi connectivity index (χ2v) is 10.2. The fourth-order valence-corrected chi connectivity index (χ4v) is 8.39. The fraction of sp³-hybridized carbons (Fsp3) is 1.00. The first-order valence-electron chi connectivity index (χ1n) is 11.1. The van der Waals surface area contributed by atoms with Crippen molar-refractivity contribution in [2.45, 2.75) is 98.0 Å². The van der Waals surface area contributed by atoms with Crippen LogP contribution in [0.3, 0.4) is 0 Å². The number of ether oxygens (including phenoxy) is 1. The van der Waals surface area contributed by atoms with Gasteiger partial charge in [0.25, 0.3) is 0 Å². The molecule has 0 radical (unpaired) electrons. The summed E-state index contributed by atoms with van der Waals surface area (Å²) >= 11 is 0. The van der Waals surface area contributed by atoms with Crippen molar-refractivity contribution in [1.82, 2.24) is 0 Å². The first kappa shape index (κ1) is 17.4. The molecule has 24 heavy (non-hydrogen) atoms. The molecule has 0 spiro atoms. The standard InChI is InChI=1S/C23H40O/c1-5-16-8-10-20-19-9-7-17-15-18(24-6-2)11-13-23(17,4)21(19)12-14-22(16,20)3/h16-21H,5-15H2,1-4H3. The summed E-state index contributed by atoms with van der Waals surface area (Å²) in [7, 11) is 0. The van der Waals surface area contributed by atoms with Crippen molar-refractivity contribution < 1.29 is 4.74 Å². The smallest absolute Gasteiger partial charge is 0.0578 e. The van der Waals surface area contributed by atoms with Crippen LogP contribution >= 0.6 is 0 Å². The van der Waals surface area contributed by atoms with Crippen LogP contribution in [0.15, 0.2) is 0 Å². The quantitative estimate of drug-likeness (QED) is 0.576. The SMILES string of the molecule is CCOC1CCC2(C)C(CCC3C4CCC(CC)C4(C)CCC32)C1. The molecule has 1 heteroatoms. The summed E-state index contributed by atoms with van der Waals surface area (Å²) in [6.07, 6.45) is 15.2. The highest BCUT2D eigenvalue weighted by Crippen LogP contribution is 2.67. The number of hydrogen-bond acceptors (Lipinski definition) is 1. The zero-order valence-electron chi connectivity index (χ0n) is 16.7. The third kappa shape index (κ3) is 2.43. The van der Waals surface area contributed by atoms with E-state index < -0.39 is 0 Å². The van der Waals surface area contributed by atoms with Crippen LogP contribution in [0.5, 0.6) is 0 Å². The largest absolute Gasteiger partial charge is 0.378 e. The number of fused-ring (bicyclic) bond motifs is 5. The molecule has 8 unspecified atom stereocenters. The molecule has 0 aliphatic heterocycles. The van der Waals surface area contributed by atoms with Gasteiger partial charge in [-0.2, -0.15) is 0 Å². The van der Waals surface area contributed by atoms with Crippen LogP contribution in [0.2, 0.25) is 0 Å². The van der Waals surface area contributed by atoms with Crippen LogP contribution in [-0.2, 0) is 4.74 Å². The van der Waals surface area contributed by atoms with E-state index in [-0.39, 0.29) is 0 Å². The fourth-order valence-electron chi connectivity index (χ4n) is 8.39. The molecular formula is C23H40O. The number of hydrogen-bond donors (Lipinski definition) is 0. The molecule has 0 aromatic heterocycles. The molecule has 4 aliphatic rings. The summed E-state index contributed by atoms with van der Waals surface area (Å²) in [4.78, 5) is 0. The monoisotopic (exact) mass is 332 g/mol. The minimum absolute atomic E-state index is 0.564. The summed E-state index contributed by atoms with van der Waals surface area (Å²) in [5.41, 5.74) is 1.31. The van der Waals surface area contributed by atoms with Crippen molar-refractivity contribution >= 4 is 0 Å². The second-order valence-electron chi connectivity index (χ2n) is 10.2. The Kier molecular flexibility index (Phi) is 4.55. The van der Waals surface area contributed by atoms with Gasteiger partial charge in [0.2, 0.25) is 0 Å². The van der Waals surface area contributed by atoms with Crippen LogP contribution in [0.25, 0.3) is 0 Å². The summed E-state index contributed by atoms with van der Waals surface area (Å²) in [5, 5.41) is 0. The van der Waals surface area contributed by atoms with Gasteiger partial charge in [-0.3, -0.25) is 0 Å². The average molecular weight is 333 g/mol. The first-order chi connectivity index (χ1) is 11.5. The topological polar surface area (TPSA) is 9.23 Å². The zero-order chi connectivity index (χ0) is 16.9. The minimum Gasteiger partial charge on any atom is -0.378 e. The molecule has 0 saturated heterocycles. The highest BCUT2D eigenvalue weighted by Gasteiger charge is 2.59. The van der Waals surface area contributed by atoms with Gasteiger partial charge in [-0.25, -0.2) is 0 Å². The van der Waals surface area contributed by atoms with Gasteiger partial charge in [0, 0.05) is 6.61 Å². The van der Waals surface area contributed by atoms with E-state index in [9.17, 15) is 0 Å². The van der Waals surface area contributed by atoms with Crippen LogP contribution in [0, 0.1) is 40.4 Å². The highest BCUT2D eigenvalue weighted by atomic mass is 16.5. The molecule has 0 aromatic rings. The zero-order valence-corrected chi connectivity index (χ0v) is 16.7. The van der Waals surface area contributed by atoms with Crippen molar-refractivity contribution in [1.29, 1.82) is 0 Å². The van der Waals surface area contributed by atoms with Gasteiger partial charge in [0.15, 0.2) is 0 Å². The van der Waals surface area contributed by atoms with Crippen LogP contribution in [0.1, 0.15) is 91.9 Å². The minimum atomic E-state index is 0.564. The maximum atomic E-state index is 6.03. The van der Waals surface area contributed by atoms with Gasteiger partial charge in [0.05, 0.1) is 6.10 Å². The van der Waals surface area contributed by atoms with Crippen LogP contribution in [-0.4, -0.2) is 12.7 Å². The summed E-state index contributed by atoms with van der Waals surface area (Å²) in [5.74, 6) is 5.07. The van der Waals surface area contributed by atoms with Gasteiger partial charge >= 0.3 is 0 Å². The van der Waals surface area contributed by atoms with Crippen LogP contribution < -0.4 is 0 Å². The molecule has 0 heterocycles. The lowest BCUT2D eigenvalue weighted by atomic mass is 9.44. The average Bonchev–Trinajstić information content (AvgIpc) is 2.92. The first-order valence-corrected chi connectivity index (χ1v) is 11.1. The number of rotatable bonds is 3. The van der Waals surface area contributed by atoms with Gasteiger partial charge in [-0.15, -0.1) is 0 Å². The third-order valence-electron chi connectivity index (χ3n) is 9.71. The predicted octanol–water partition coefficient (Wildman–Crippen LogP) is 6.46. The maximum Gasteiger partial charge on any atom is 0.0578 e. The Morgan fingerprint density at radius 2 is 1.58 bits per heavy atom. The molecule has 8 atom stereocenters. The van der Waals surface area contributed by atoms with Crippen molar-refractivity contribution in [2.75, 3.05) is 6.61 Å². The molecule has 0 amide bonds. The van der Waals surface area contributed by atoms with E-state index in [1.165, 1.54) is 57.8 Å². The van der Waals surface area contributed by atoms with Crippen molar-refractivity contribution in [3.63, 3.8) is 0 Å². The Balaban J connectivity index is 1.54. The molecule has 4 saturated carbocycles. The highest BCUT2D eigenvalue weighted by molar-refractivity contribution is 5.09. The lowest BCUT2D eigenvalue weighted by Gasteiger charge is -2.61. The Bertz CT molecular complexity index is 459. The molecule has 0 bridgehead atoms. The molecule has 4 rings (SSSR count). The van der Waals surface area contributed by atoms with Gasteiger partial charge in [-0.1, -0.05) is 27.2 Å². The predicted molar refractivity (Wildman–Crippen MR) is 101 cm³/mol. The van der Waals surface area contributed by atoms with E-state index in [0.29, 0.717) is 16.9 Å². The Morgan fingerprint density at radius 3 is 2.33 bits per heavy atom. The van der Waals surface area contributed by atoms with Gasteiger partial charge in [-0.05, 0) is 105 Å². The van der Waals surface area contributed by atoms with E-state index in [1.54, 1.807) is 6.42 Å².